The fourth-order valence-corrected chi connectivity index (χ4v) is 5.30. The zero-order valence-electron chi connectivity index (χ0n) is 13.6. The highest BCUT2D eigenvalue weighted by Crippen LogP contribution is 2.27. The summed E-state index contributed by atoms with van der Waals surface area (Å²) >= 11 is 0. The van der Waals surface area contributed by atoms with Gasteiger partial charge in [0.2, 0.25) is 17.8 Å². The minimum absolute atomic E-state index is 0.00199. The second-order valence-electron chi connectivity index (χ2n) is 6.01. The molecule has 0 saturated carbocycles. The molecule has 2 aliphatic rings. The predicted molar refractivity (Wildman–Crippen MR) is 83.8 cm³/mol. The Hall–Kier alpha value is -2.28. The summed E-state index contributed by atoms with van der Waals surface area (Å²) in [5.74, 6) is -0.968. The Morgan fingerprint density at radius 2 is 1.80 bits per heavy atom. The lowest BCUT2D eigenvalue weighted by Crippen LogP contribution is -2.62. The molecule has 1 aromatic heterocycles. The van der Waals surface area contributed by atoms with Gasteiger partial charge in [0.15, 0.2) is 9.84 Å². The summed E-state index contributed by atoms with van der Waals surface area (Å²) in [6.45, 7) is 0.162. The van der Waals surface area contributed by atoms with Crippen LogP contribution >= 0.6 is 0 Å². The number of carbonyl (C=O) groups is 2. The van der Waals surface area contributed by atoms with E-state index in [1.807, 2.05) is 0 Å². The zero-order chi connectivity index (χ0) is 18.2. The molecular weight excluding hydrogens is 354 g/mol. The van der Waals surface area contributed by atoms with Crippen molar-refractivity contribution in [2.75, 3.05) is 44.0 Å². The number of tetrazole rings is 1. The van der Waals surface area contributed by atoms with Gasteiger partial charge >= 0.3 is 0 Å². The molecule has 25 heavy (non-hydrogen) atoms. The lowest BCUT2D eigenvalue weighted by atomic mass is 10.0. The van der Waals surface area contributed by atoms with Crippen molar-refractivity contribution >= 4 is 27.6 Å². The highest BCUT2D eigenvalue weighted by atomic mass is 32.2. The fourth-order valence-electron chi connectivity index (χ4n) is 3.32. The normalized spacial score (nSPS) is 25.0. The first-order valence-electron chi connectivity index (χ1n) is 7.62. The van der Waals surface area contributed by atoms with Crippen molar-refractivity contribution in [3.63, 3.8) is 0 Å². The number of anilines is 1. The van der Waals surface area contributed by atoms with Gasteiger partial charge in [-0.3, -0.25) is 9.59 Å². The smallest absolute Gasteiger partial charge is 0.248 e. The van der Waals surface area contributed by atoms with E-state index in [1.54, 1.807) is 0 Å². The van der Waals surface area contributed by atoms with Crippen LogP contribution in [0.4, 0.5) is 5.95 Å². The van der Waals surface area contributed by atoms with Gasteiger partial charge in [0, 0.05) is 20.2 Å². The van der Waals surface area contributed by atoms with Crippen LogP contribution in [0.2, 0.25) is 0 Å². The third-order valence-electron chi connectivity index (χ3n) is 4.43. The van der Waals surface area contributed by atoms with E-state index in [0.717, 1.165) is 4.68 Å². The SMILES string of the molecule is COCC(=O)N1CCN(C(=O)Cn2nnnc2N)[C@H]2CS(=O)(=O)C[C@H]21. The van der Waals surface area contributed by atoms with Crippen LogP contribution in [-0.4, -0.2) is 101 Å². The van der Waals surface area contributed by atoms with Crippen molar-refractivity contribution in [3.05, 3.63) is 0 Å². The first kappa shape index (κ1) is 17.5. The Morgan fingerprint density at radius 1 is 1.20 bits per heavy atom. The molecule has 0 radical (unpaired) electrons. The summed E-state index contributed by atoms with van der Waals surface area (Å²) in [5.41, 5.74) is 5.56. The number of nitrogens with zero attached hydrogens (tertiary/aromatic N) is 6. The van der Waals surface area contributed by atoms with E-state index in [1.165, 1.54) is 16.9 Å². The van der Waals surface area contributed by atoms with Gasteiger partial charge in [0.1, 0.15) is 13.2 Å². The van der Waals surface area contributed by atoms with E-state index < -0.39 is 21.9 Å². The minimum atomic E-state index is -3.35. The Morgan fingerprint density at radius 3 is 2.32 bits per heavy atom. The van der Waals surface area contributed by atoms with E-state index in [-0.39, 0.29) is 55.5 Å². The summed E-state index contributed by atoms with van der Waals surface area (Å²) < 4.78 is 30.2. The number of nitrogens with two attached hydrogens (primary N) is 1. The molecule has 13 heteroatoms. The van der Waals surface area contributed by atoms with E-state index in [9.17, 15) is 18.0 Å². The van der Waals surface area contributed by atoms with Crippen molar-refractivity contribution in [1.82, 2.24) is 30.0 Å². The maximum Gasteiger partial charge on any atom is 0.248 e. The molecule has 12 nitrogen and oxygen atoms in total. The molecule has 2 fully saturated rings. The average Bonchev–Trinajstić information content (AvgIpc) is 3.08. The number of amides is 2. The highest BCUT2D eigenvalue weighted by molar-refractivity contribution is 7.91. The quantitative estimate of drug-likeness (QED) is 0.572. The van der Waals surface area contributed by atoms with Crippen molar-refractivity contribution in [1.29, 1.82) is 0 Å². The Kier molecular flexibility index (Phi) is 4.60. The number of methoxy groups -OCH3 is 1. The summed E-state index contributed by atoms with van der Waals surface area (Å²) in [5, 5.41) is 10.5. The molecule has 2 saturated heterocycles. The van der Waals surface area contributed by atoms with Gasteiger partial charge in [-0.1, -0.05) is 5.10 Å². The van der Waals surface area contributed by atoms with Crippen molar-refractivity contribution in [3.8, 4) is 0 Å². The molecule has 0 spiro atoms. The lowest BCUT2D eigenvalue weighted by Gasteiger charge is -2.43. The van der Waals surface area contributed by atoms with Gasteiger partial charge in [-0.2, -0.15) is 0 Å². The van der Waals surface area contributed by atoms with Gasteiger partial charge in [0.25, 0.3) is 0 Å². The first-order chi connectivity index (χ1) is 11.8. The van der Waals surface area contributed by atoms with Gasteiger partial charge in [0.05, 0.1) is 23.6 Å². The molecule has 3 rings (SSSR count). The van der Waals surface area contributed by atoms with Crippen LogP contribution in [-0.2, 0) is 30.7 Å². The Bertz CT molecular complexity index is 779. The Labute approximate surface area is 143 Å². The van der Waals surface area contributed by atoms with Gasteiger partial charge < -0.3 is 20.3 Å². The predicted octanol–water partition coefficient (Wildman–Crippen LogP) is -3.26. The number of hydrogen-bond donors (Lipinski definition) is 1. The van der Waals surface area contributed by atoms with Crippen LogP contribution in [0, 0.1) is 0 Å². The van der Waals surface area contributed by atoms with Gasteiger partial charge in [-0.15, -0.1) is 0 Å². The highest BCUT2D eigenvalue weighted by Gasteiger charge is 2.49. The van der Waals surface area contributed by atoms with Gasteiger partial charge in [-0.25, -0.2) is 13.1 Å². The van der Waals surface area contributed by atoms with E-state index in [4.69, 9.17) is 10.5 Å². The molecule has 0 unspecified atom stereocenters. The number of rotatable bonds is 4. The van der Waals surface area contributed by atoms with Crippen LogP contribution in [0.3, 0.4) is 0 Å². The van der Waals surface area contributed by atoms with Crippen LogP contribution < -0.4 is 5.73 Å². The van der Waals surface area contributed by atoms with E-state index >= 15 is 0 Å². The zero-order valence-corrected chi connectivity index (χ0v) is 14.4. The number of fused-ring (bicyclic) bond motifs is 1. The molecular formula is C12H19N7O5S. The maximum atomic E-state index is 12.6. The minimum Gasteiger partial charge on any atom is -0.375 e. The topological polar surface area (TPSA) is 154 Å². The summed E-state index contributed by atoms with van der Waals surface area (Å²) in [4.78, 5) is 27.8. The lowest BCUT2D eigenvalue weighted by molar-refractivity contribution is -0.148. The number of sulfone groups is 1. The molecule has 2 amide bonds. The number of hydrogen-bond acceptors (Lipinski definition) is 9. The van der Waals surface area contributed by atoms with Crippen LogP contribution in [0.15, 0.2) is 0 Å². The molecule has 0 aromatic carbocycles. The van der Waals surface area contributed by atoms with E-state index in [0.29, 0.717) is 0 Å². The number of ether oxygens (including phenoxy) is 1. The molecule has 3 heterocycles. The first-order valence-corrected chi connectivity index (χ1v) is 9.44. The third kappa shape index (κ3) is 3.42. The second-order valence-corrected chi connectivity index (χ2v) is 8.17. The maximum absolute atomic E-state index is 12.6. The summed E-state index contributed by atoms with van der Waals surface area (Å²) in [6, 6.07) is -1.17. The van der Waals surface area contributed by atoms with Crippen molar-refractivity contribution in [2.45, 2.75) is 18.6 Å². The molecule has 0 aliphatic carbocycles. The second kappa shape index (κ2) is 6.55. The van der Waals surface area contributed by atoms with Crippen molar-refractivity contribution < 1.29 is 22.7 Å². The van der Waals surface area contributed by atoms with Crippen LogP contribution in [0.1, 0.15) is 0 Å². The van der Waals surface area contributed by atoms with Crippen LogP contribution in [0.5, 0.6) is 0 Å². The largest absolute Gasteiger partial charge is 0.375 e. The van der Waals surface area contributed by atoms with Gasteiger partial charge in [-0.05, 0) is 10.4 Å². The summed E-state index contributed by atoms with van der Waals surface area (Å²) in [7, 11) is -1.95. The third-order valence-corrected chi connectivity index (χ3v) is 6.13. The molecule has 2 aliphatic heterocycles. The molecule has 2 atom stereocenters. The summed E-state index contributed by atoms with van der Waals surface area (Å²) in [6.07, 6.45) is 0. The molecule has 138 valence electrons. The van der Waals surface area contributed by atoms with Crippen LogP contribution in [0.25, 0.3) is 0 Å². The monoisotopic (exact) mass is 373 g/mol. The molecule has 1 aromatic rings. The number of carbonyl (C=O) groups excluding carboxylic acids is 2. The average molecular weight is 373 g/mol. The number of aromatic nitrogens is 4. The standard InChI is InChI=1S/C12H19N7O5S/c1-24-5-11(21)18-3-2-17(8-6-25(22,23)7-9(8)18)10(20)4-19-12(13)14-15-16-19/h8-9H,2-7H2,1H3,(H2,13,14,16)/t8-,9+/m0/s1. The van der Waals surface area contributed by atoms with E-state index in [2.05, 4.69) is 15.5 Å². The Balaban J connectivity index is 1.80. The van der Waals surface area contributed by atoms with Crippen molar-refractivity contribution in [2.24, 2.45) is 0 Å². The molecule has 0 bridgehead atoms. The molecule has 2 N–H and O–H groups in total. The fraction of sp³-hybridized carbons (Fsp3) is 0.750. The number of nitrogen functional groups attached to an aromatic ring is 1. The number of piperazine rings is 1.